The third kappa shape index (κ3) is 3.71. The topological polar surface area (TPSA) is 32.3 Å². The molecule has 0 aromatic rings. The molecule has 104 valence electrons. The Labute approximate surface area is 111 Å². The first-order chi connectivity index (χ1) is 8.69. The van der Waals surface area contributed by atoms with Crippen molar-refractivity contribution >= 4 is 5.91 Å². The summed E-state index contributed by atoms with van der Waals surface area (Å²) in [4.78, 5) is 14.1. The van der Waals surface area contributed by atoms with Gasteiger partial charge in [-0.15, -0.1) is 0 Å². The number of carbonyl (C=O) groups is 1. The first kappa shape index (κ1) is 13.9. The second kappa shape index (κ2) is 6.55. The molecule has 1 heterocycles. The summed E-state index contributed by atoms with van der Waals surface area (Å²) in [5.41, 5.74) is 0. The average Bonchev–Trinajstić information content (AvgIpc) is 2.81. The molecule has 0 bridgehead atoms. The standard InChI is InChI=1S/C15H28N2O/c1-3-6-15(18)17-10-12(2)9-14(11-17)16-13-7-4-5-8-13/h12-14,16H,3-11H2,1-2H3. The van der Waals surface area contributed by atoms with Crippen LogP contribution in [-0.2, 0) is 4.79 Å². The fourth-order valence-corrected chi connectivity index (χ4v) is 3.47. The Kier molecular flexibility index (Phi) is 5.04. The number of carbonyl (C=O) groups excluding carboxylic acids is 1. The predicted molar refractivity (Wildman–Crippen MR) is 74.4 cm³/mol. The zero-order valence-electron chi connectivity index (χ0n) is 12.0. The highest BCUT2D eigenvalue weighted by Gasteiger charge is 2.29. The molecule has 2 aliphatic rings. The summed E-state index contributed by atoms with van der Waals surface area (Å²) in [6.45, 7) is 6.25. The van der Waals surface area contributed by atoms with Crippen LogP contribution in [0.4, 0.5) is 0 Å². The molecule has 18 heavy (non-hydrogen) atoms. The molecule has 1 N–H and O–H groups in total. The minimum atomic E-state index is 0.349. The fraction of sp³-hybridized carbons (Fsp3) is 0.933. The van der Waals surface area contributed by atoms with Crippen LogP contribution in [0.2, 0.25) is 0 Å². The van der Waals surface area contributed by atoms with Gasteiger partial charge >= 0.3 is 0 Å². The minimum Gasteiger partial charge on any atom is -0.341 e. The molecule has 0 spiro atoms. The van der Waals surface area contributed by atoms with Gasteiger partial charge in [0, 0.05) is 31.6 Å². The molecule has 1 saturated carbocycles. The lowest BCUT2D eigenvalue weighted by Crippen LogP contribution is -2.52. The number of rotatable bonds is 4. The summed E-state index contributed by atoms with van der Waals surface area (Å²) in [6.07, 6.45) is 8.30. The van der Waals surface area contributed by atoms with Gasteiger partial charge in [0.05, 0.1) is 0 Å². The first-order valence-corrected chi connectivity index (χ1v) is 7.73. The molecule has 2 fully saturated rings. The van der Waals surface area contributed by atoms with E-state index >= 15 is 0 Å². The SMILES string of the molecule is CCCC(=O)N1CC(C)CC(NC2CCCC2)C1. The summed E-state index contributed by atoms with van der Waals surface area (Å²) in [5.74, 6) is 0.987. The van der Waals surface area contributed by atoms with Crippen molar-refractivity contribution in [2.75, 3.05) is 13.1 Å². The lowest BCUT2D eigenvalue weighted by atomic mass is 9.94. The number of piperidine rings is 1. The van der Waals surface area contributed by atoms with E-state index in [-0.39, 0.29) is 0 Å². The van der Waals surface area contributed by atoms with Crippen LogP contribution in [0, 0.1) is 5.92 Å². The number of hydrogen-bond acceptors (Lipinski definition) is 2. The highest BCUT2D eigenvalue weighted by molar-refractivity contribution is 5.76. The van der Waals surface area contributed by atoms with Crippen LogP contribution in [0.1, 0.15) is 58.8 Å². The van der Waals surface area contributed by atoms with E-state index in [1.807, 2.05) is 0 Å². The Balaban J connectivity index is 1.85. The van der Waals surface area contributed by atoms with Crippen molar-refractivity contribution in [3.05, 3.63) is 0 Å². The van der Waals surface area contributed by atoms with Gasteiger partial charge in [0.1, 0.15) is 0 Å². The molecule has 2 atom stereocenters. The zero-order valence-corrected chi connectivity index (χ0v) is 12.0. The second-order valence-electron chi connectivity index (χ2n) is 6.23. The van der Waals surface area contributed by atoms with Crippen LogP contribution in [0.5, 0.6) is 0 Å². The van der Waals surface area contributed by atoms with E-state index in [1.54, 1.807) is 0 Å². The molecule has 1 saturated heterocycles. The summed E-state index contributed by atoms with van der Waals surface area (Å²) in [6, 6.07) is 1.24. The molecule has 0 radical (unpaired) electrons. The predicted octanol–water partition coefficient (Wildman–Crippen LogP) is 2.56. The van der Waals surface area contributed by atoms with Gasteiger partial charge in [-0.25, -0.2) is 0 Å². The van der Waals surface area contributed by atoms with Crippen molar-refractivity contribution in [3.63, 3.8) is 0 Å². The molecule has 1 aliphatic carbocycles. The lowest BCUT2D eigenvalue weighted by Gasteiger charge is -2.38. The van der Waals surface area contributed by atoms with Crippen molar-refractivity contribution in [2.24, 2.45) is 5.92 Å². The van der Waals surface area contributed by atoms with E-state index in [0.717, 1.165) is 19.5 Å². The summed E-state index contributed by atoms with van der Waals surface area (Å²) in [5, 5.41) is 3.78. The van der Waals surface area contributed by atoms with Crippen LogP contribution in [0.15, 0.2) is 0 Å². The van der Waals surface area contributed by atoms with E-state index in [1.165, 1.54) is 32.1 Å². The van der Waals surface area contributed by atoms with Crippen LogP contribution >= 0.6 is 0 Å². The van der Waals surface area contributed by atoms with Gasteiger partial charge in [0.2, 0.25) is 5.91 Å². The second-order valence-corrected chi connectivity index (χ2v) is 6.23. The quantitative estimate of drug-likeness (QED) is 0.834. The minimum absolute atomic E-state index is 0.349. The number of amides is 1. The Morgan fingerprint density at radius 2 is 1.94 bits per heavy atom. The van der Waals surface area contributed by atoms with Crippen molar-refractivity contribution in [3.8, 4) is 0 Å². The maximum absolute atomic E-state index is 12.0. The van der Waals surface area contributed by atoms with E-state index in [2.05, 4.69) is 24.1 Å². The van der Waals surface area contributed by atoms with Gasteiger partial charge in [-0.05, 0) is 31.6 Å². The molecule has 1 amide bonds. The van der Waals surface area contributed by atoms with E-state index in [0.29, 0.717) is 30.3 Å². The van der Waals surface area contributed by atoms with Crippen molar-refractivity contribution in [1.82, 2.24) is 10.2 Å². The zero-order chi connectivity index (χ0) is 13.0. The lowest BCUT2D eigenvalue weighted by molar-refractivity contribution is -0.133. The molecule has 1 aliphatic heterocycles. The third-order valence-corrected chi connectivity index (χ3v) is 4.30. The van der Waals surface area contributed by atoms with Gasteiger partial charge in [0.15, 0.2) is 0 Å². The number of nitrogens with zero attached hydrogens (tertiary/aromatic N) is 1. The molecule has 2 rings (SSSR count). The highest BCUT2D eigenvalue weighted by Crippen LogP contribution is 2.22. The molecule has 3 nitrogen and oxygen atoms in total. The summed E-state index contributed by atoms with van der Waals surface area (Å²) in [7, 11) is 0. The van der Waals surface area contributed by atoms with Gasteiger partial charge in [-0.1, -0.05) is 26.7 Å². The Bertz CT molecular complexity index is 274. The van der Waals surface area contributed by atoms with E-state index < -0.39 is 0 Å². The number of nitrogens with one attached hydrogen (secondary N) is 1. The first-order valence-electron chi connectivity index (χ1n) is 7.73. The molecule has 2 unspecified atom stereocenters. The van der Waals surface area contributed by atoms with Crippen LogP contribution in [0.3, 0.4) is 0 Å². The normalized spacial score (nSPS) is 29.8. The molecule has 0 aromatic carbocycles. The van der Waals surface area contributed by atoms with Crippen LogP contribution in [-0.4, -0.2) is 36.0 Å². The van der Waals surface area contributed by atoms with Gasteiger partial charge in [0.25, 0.3) is 0 Å². The smallest absolute Gasteiger partial charge is 0.222 e. The van der Waals surface area contributed by atoms with Crippen molar-refractivity contribution in [1.29, 1.82) is 0 Å². The van der Waals surface area contributed by atoms with Crippen LogP contribution < -0.4 is 5.32 Å². The van der Waals surface area contributed by atoms with Crippen molar-refractivity contribution in [2.45, 2.75) is 70.9 Å². The van der Waals surface area contributed by atoms with Crippen LogP contribution in [0.25, 0.3) is 0 Å². The summed E-state index contributed by atoms with van der Waals surface area (Å²) >= 11 is 0. The molecular weight excluding hydrogens is 224 g/mol. The highest BCUT2D eigenvalue weighted by atomic mass is 16.2. The van der Waals surface area contributed by atoms with E-state index in [4.69, 9.17) is 0 Å². The van der Waals surface area contributed by atoms with Gasteiger partial charge < -0.3 is 10.2 Å². The Morgan fingerprint density at radius 3 is 2.61 bits per heavy atom. The maximum Gasteiger partial charge on any atom is 0.222 e. The molecule has 0 aromatic heterocycles. The fourth-order valence-electron chi connectivity index (χ4n) is 3.47. The van der Waals surface area contributed by atoms with Crippen molar-refractivity contribution < 1.29 is 4.79 Å². The van der Waals surface area contributed by atoms with Gasteiger partial charge in [-0.3, -0.25) is 4.79 Å². The molecular formula is C15H28N2O. The van der Waals surface area contributed by atoms with E-state index in [9.17, 15) is 4.79 Å². The Morgan fingerprint density at radius 1 is 1.22 bits per heavy atom. The average molecular weight is 252 g/mol. The molecule has 3 heteroatoms. The monoisotopic (exact) mass is 252 g/mol. The largest absolute Gasteiger partial charge is 0.341 e. The van der Waals surface area contributed by atoms with Gasteiger partial charge in [-0.2, -0.15) is 0 Å². The maximum atomic E-state index is 12.0. The Hall–Kier alpha value is -0.570. The summed E-state index contributed by atoms with van der Waals surface area (Å²) < 4.78 is 0. The number of likely N-dealkylation sites (tertiary alicyclic amines) is 1. The number of hydrogen-bond donors (Lipinski definition) is 1. The third-order valence-electron chi connectivity index (χ3n) is 4.30.